The van der Waals surface area contributed by atoms with Crippen LogP contribution in [0.4, 0.5) is 0 Å². The quantitative estimate of drug-likeness (QED) is 0.264. The molecule has 7 aromatic rings. The number of aromatic hydroxyl groups is 1. The number of pyridine rings is 1. The number of nitrogens with zero attached hydrogens (tertiary/aromatic N) is 4. The van der Waals surface area contributed by atoms with E-state index in [0.29, 0.717) is 23.0 Å². The van der Waals surface area contributed by atoms with E-state index in [0.717, 1.165) is 44.0 Å². The zero-order valence-corrected chi connectivity index (χ0v) is 20.9. The van der Waals surface area contributed by atoms with Gasteiger partial charge in [0.05, 0.1) is 0 Å². The van der Waals surface area contributed by atoms with E-state index in [1.807, 2.05) is 109 Å². The van der Waals surface area contributed by atoms with Crippen molar-refractivity contribution in [3.8, 4) is 51.0 Å². The second kappa shape index (κ2) is 9.47. The monoisotopic (exact) mass is 502 g/mol. The molecule has 5 nitrogen and oxygen atoms in total. The molecule has 0 radical (unpaired) electrons. The van der Waals surface area contributed by atoms with E-state index >= 15 is 0 Å². The van der Waals surface area contributed by atoms with Crippen molar-refractivity contribution in [2.24, 2.45) is 0 Å². The average molecular weight is 503 g/mol. The van der Waals surface area contributed by atoms with Gasteiger partial charge in [-0.15, -0.1) is 0 Å². The lowest BCUT2D eigenvalue weighted by Crippen LogP contribution is -2.00. The summed E-state index contributed by atoms with van der Waals surface area (Å²) in [5.74, 6) is 2.00. The van der Waals surface area contributed by atoms with Crippen molar-refractivity contribution in [2.45, 2.75) is 0 Å². The molecule has 0 unspecified atom stereocenters. The van der Waals surface area contributed by atoms with E-state index in [1.165, 1.54) is 0 Å². The molecule has 184 valence electrons. The summed E-state index contributed by atoms with van der Waals surface area (Å²) in [5.41, 5.74) is 4.97. The van der Waals surface area contributed by atoms with Crippen LogP contribution in [-0.4, -0.2) is 25.0 Å². The summed E-state index contributed by atoms with van der Waals surface area (Å²) >= 11 is 0. The van der Waals surface area contributed by atoms with Gasteiger partial charge in [0, 0.05) is 33.8 Å². The topological polar surface area (TPSA) is 71.8 Å². The number of aromatic nitrogens is 4. The second-order valence-corrected chi connectivity index (χ2v) is 9.28. The molecule has 0 bridgehead atoms. The van der Waals surface area contributed by atoms with Gasteiger partial charge in [0.2, 0.25) is 0 Å². The molecule has 0 fully saturated rings. The molecule has 0 aliphatic carbocycles. The highest BCUT2D eigenvalue weighted by Gasteiger charge is 2.17. The van der Waals surface area contributed by atoms with Crippen molar-refractivity contribution >= 4 is 21.7 Å². The van der Waals surface area contributed by atoms with Crippen LogP contribution in [0.15, 0.2) is 128 Å². The normalized spacial score (nSPS) is 11.2. The van der Waals surface area contributed by atoms with Gasteiger partial charge in [0.25, 0.3) is 0 Å². The highest BCUT2D eigenvalue weighted by Crippen LogP contribution is 2.40. The van der Waals surface area contributed by atoms with Gasteiger partial charge in [-0.1, -0.05) is 103 Å². The van der Waals surface area contributed by atoms with Crippen molar-refractivity contribution < 1.29 is 5.11 Å². The van der Waals surface area contributed by atoms with Gasteiger partial charge in [0.1, 0.15) is 11.3 Å². The van der Waals surface area contributed by atoms with Crippen molar-refractivity contribution in [1.29, 1.82) is 0 Å². The molecular formula is C34H22N4O. The number of rotatable bonds is 4. The Labute approximate surface area is 225 Å². The fourth-order valence-corrected chi connectivity index (χ4v) is 5.00. The Morgan fingerprint density at radius 2 is 0.974 bits per heavy atom. The van der Waals surface area contributed by atoms with Crippen LogP contribution in [0.25, 0.3) is 67.0 Å². The van der Waals surface area contributed by atoms with Crippen molar-refractivity contribution in [1.82, 2.24) is 19.9 Å². The molecule has 0 aliphatic heterocycles. The second-order valence-electron chi connectivity index (χ2n) is 9.28. The number of hydrogen-bond acceptors (Lipinski definition) is 5. The fourth-order valence-electron chi connectivity index (χ4n) is 5.00. The average Bonchev–Trinajstić information content (AvgIpc) is 3.02. The van der Waals surface area contributed by atoms with Crippen LogP contribution in [0.2, 0.25) is 0 Å². The summed E-state index contributed by atoms with van der Waals surface area (Å²) in [7, 11) is 0. The highest BCUT2D eigenvalue weighted by atomic mass is 16.3. The molecular weight excluding hydrogens is 480 g/mol. The lowest BCUT2D eigenvalue weighted by atomic mass is 9.93. The minimum absolute atomic E-state index is 0.170. The lowest BCUT2D eigenvalue weighted by Gasteiger charge is -2.14. The standard InChI is InChI=1S/C34H22N4O/c39-31-28(18-17-22-14-9-21-35-30(22)31)27-19-20-29(26-16-8-7-15-25(26)27)34-37-32(23-10-3-1-4-11-23)36-33(38-34)24-12-5-2-6-13-24/h1-21,39H. The van der Waals surface area contributed by atoms with Crippen LogP contribution in [0.5, 0.6) is 5.75 Å². The van der Waals surface area contributed by atoms with Gasteiger partial charge in [-0.25, -0.2) is 15.0 Å². The predicted molar refractivity (Wildman–Crippen MR) is 156 cm³/mol. The van der Waals surface area contributed by atoms with E-state index in [-0.39, 0.29) is 5.75 Å². The highest BCUT2D eigenvalue weighted by molar-refractivity contribution is 6.06. The first-order chi connectivity index (χ1) is 19.3. The van der Waals surface area contributed by atoms with Crippen LogP contribution in [0.3, 0.4) is 0 Å². The van der Waals surface area contributed by atoms with Gasteiger partial charge in [-0.05, 0) is 34.5 Å². The van der Waals surface area contributed by atoms with Gasteiger partial charge >= 0.3 is 0 Å². The van der Waals surface area contributed by atoms with Crippen LogP contribution >= 0.6 is 0 Å². The van der Waals surface area contributed by atoms with Gasteiger partial charge in [0.15, 0.2) is 17.5 Å². The number of hydrogen-bond donors (Lipinski definition) is 1. The zero-order valence-electron chi connectivity index (χ0n) is 20.9. The number of fused-ring (bicyclic) bond motifs is 2. The largest absolute Gasteiger partial charge is 0.505 e. The molecule has 0 atom stereocenters. The van der Waals surface area contributed by atoms with Crippen LogP contribution in [-0.2, 0) is 0 Å². The molecule has 0 saturated heterocycles. The van der Waals surface area contributed by atoms with Gasteiger partial charge < -0.3 is 5.11 Å². The van der Waals surface area contributed by atoms with E-state index in [2.05, 4.69) is 17.1 Å². The predicted octanol–water partition coefficient (Wildman–Crippen LogP) is 7.95. The van der Waals surface area contributed by atoms with Crippen molar-refractivity contribution in [3.05, 3.63) is 128 Å². The molecule has 2 aromatic heterocycles. The van der Waals surface area contributed by atoms with Crippen LogP contribution in [0.1, 0.15) is 0 Å². The number of benzene rings is 5. The first kappa shape index (κ1) is 22.8. The van der Waals surface area contributed by atoms with E-state index in [4.69, 9.17) is 15.0 Å². The maximum atomic E-state index is 11.2. The SMILES string of the molecule is Oc1c(-c2ccc(-c3nc(-c4ccccc4)nc(-c4ccccc4)n3)c3ccccc23)ccc2cccnc12. The number of phenols is 1. The Bertz CT molecular complexity index is 1910. The Balaban J connectivity index is 1.46. The van der Waals surface area contributed by atoms with E-state index < -0.39 is 0 Å². The third kappa shape index (κ3) is 4.06. The summed E-state index contributed by atoms with van der Waals surface area (Å²) in [6, 6.07) is 39.9. The van der Waals surface area contributed by atoms with Gasteiger partial charge in [-0.2, -0.15) is 0 Å². The molecule has 0 aliphatic rings. The van der Waals surface area contributed by atoms with Crippen molar-refractivity contribution in [3.63, 3.8) is 0 Å². The Morgan fingerprint density at radius 3 is 1.64 bits per heavy atom. The number of phenolic OH excluding ortho intramolecular Hbond substituents is 1. The molecule has 0 spiro atoms. The zero-order chi connectivity index (χ0) is 26.2. The molecule has 0 amide bonds. The molecule has 2 heterocycles. The summed E-state index contributed by atoms with van der Waals surface area (Å²) < 4.78 is 0. The van der Waals surface area contributed by atoms with Gasteiger partial charge in [-0.3, -0.25) is 4.98 Å². The van der Waals surface area contributed by atoms with Crippen LogP contribution < -0.4 is 0 Å². The maximum Gasteiger partial charge on any atom is 0.164 e. The molecule has 5 aromatic carbocycles. The Kier molecular flexibility index (Phi) is 5.52. The Hall–Kier alpha value is -5.42. The smallest absolute Gasteiger partial charge is 0.164 e. The first-order valence-electron chi connectivity index (χ1n) is 12.7. The lowest BCUT2D eigenvalue weighted by molar-refractivity contribution is 0.482. The maximum absolute atomic E-state index is 11.2. The van der Waals surface area contributed by atoms with E-state index in [9.17, 15) is 5.11 Å². The molecule has 0 saturated carbocycles. The molecule has 5 heteroatoms. The summed E-state index contributed by atoms with van der Waals surface area (Å²) in [5, 5.41) is 14.0. The summed E-state index contributed by atoms with van der Waals surface area (Å²) in [4.78, 5) is 19.1. The third-order valence-corrected chi connectivity index (χ3v) is 6.90. The molecule has 1 N–H and O–H groups in total. The van der Waals surface area contributed by atoms with Crippen molar-refractivity contribution in [2.75, 3.05) is 0 Å². The molecule has 39 heavy (non-hydrogen) atoms. The first-order valence-corrected chi connectivity index (χ1v) is 12.7. The minimum Gasteiger partial charge on any atom is -0.505 e. The Morgan fingerprint density at radius 1 is 0.436 bits per heavy atom. The minimum atomic E-state index is 0.170. The molecule has 7 rings (SSSR count). The van der Waals surface area contributed by atoms with E-state index in [1.54, 1.807) is 6.20 Å². The fraction of sp³-hybridized carbons (Fsp3) is 0. The summed E-state index contributed by atoms with van der Waals surface area (Å²) in [6.45, 7) is 0. The summed E-state index contributed by atoms with van der Waals surface area (Å²) in [6.07, 6.45) is 1.70. The van der Waals surface area contributed by atoms with Crippen LogP contribution in [0, 0.1) is 0 Å². The third-order valence-electron chi connectivity index (χ3n) is 6.90.